The van der Waals surface area contributed by atoms with Gasteiger partial charge in [0, 0.05) is 12.7 Å². The third kappa shape index (κ3) is 1.58. The summed E-state index contributed by atoms with van der Waals surface area (Å²) in [6.45, 7) is 1.85. The Morgan fingerprint density at radius 1 is 1.82 bits per heavy atom. The van der Waals surface area contributed by atoms with Crippen molar-refractivity contribution in [1.29, 1.82) is 0 Å². The first-order valence-electron chi connectivity index (χ1n) is 3.30. The number of hydrogen-bond acceptors (Lipinski definition) is 2. The van der Waals surface area contributed by atoms with Gasteiger partial charge in [-0.3, -0.25) is 4.79 Å². The van der Waals surface area contributed by atoms with Crippen molar-refractivity contribution in [3.05, 3.63) is 17.7 Å². The van der Waals surface area contributed by atoms with E-state index in [1.54, 1.807) is 10.9 Å². The van der Waals surface area contributed by atoms with Gasteiger partial charge in [0.2, 0.25) is 0 Å². The Hall–Kier alpha value is -1.32. The van der Waals surface area contributed by atoms with Crippen molar-refractivity contribution < 1.29 is 9.90 Å². The predicted molar refractivity (Wildman–Crippen MR) is 39.3 cm³/mol. The smallest absolute Gasteiger partial charge is 0.309 e. The van der Waals surface area contributed by atoms with E-state index in [2.05, 4.69) is 4.98 Å². The molecule has 0 unspecified atom stereocenters. The lowest BCUT2D eigenvalue weighted by molar-refractivity contribution is -0.136. The summed E-state index contributed by atoms with van der Waals surface area (Å²) in [7, 11) is 1.84. The number of rotatable bonds is 2. The van der Waals surface area contributed by atoms with E-state index in [-0.39, 0.29) is 6.42 Å². The summed E-state index contributed by atoms with van der Waals surface area (Å²) in [5.74, 6) is -0.841. The van der Waals surface area contributed by atoms with Crippen LogP contribution in [0.5, 0.6) is 0 Å². The number of aliphatic carboxylic acids is 1. The fourth-order valence-electron chi connectivity index (χ4n) is 0.857. The molecule has 1 heterocycles. The quantitative estimate of drug-likeness (QED) is 0.669. The predicted octanol–water partition coefficient (Wildman–Crippen LogP) is 0.356. The summed E-state index contributed by atoms with van der Waals surface area (Å²) in [5, 5.41) is 8.45. The van der Waals surface area contributed by atoms with Gasteiger partial charge in [-0.1, -0.05) is 0 Å². The molecule has 1 aromatic rings. The highest BCUT2D eigenvalue weighted by atomic mass is 16.4. The average molecular weight is 154 g/mol. The molecule has 0 saturated carbocycles. The molecule has 1 aromatic heterocycles. The third-order valence-electron chi connectivity index (χ3n) is 1.65. The number of hydrogen-bond donors (Lipinski definition) is 1. The highest BCUT2D eigenvalue weighted by Gasteiger charge is 2.07. The van der Waals surface area contributed by atoms with E-state index >= 15 is 0 Å². The Kier molecular flexibility index (Phi) is 1.94. The molecule has 0 radical (unpaired) electrons. The molecule has 0 spiro atoms. The number of aryl methyl sites for hydroxylation is 1. The Labute approximate surface area is 64.5 Å². The molecule has 0 saturated heterocycles. The zero-order valence-electron chi connectivity index (χ0n) is 6.53. The molecule has 11 heavy (non-hydrogen) atoms. The van der Waals surface area contributed by atoms with Gasteiger partial charge in [-0.05, 0) is 6.92 Å². The number of aromatic nitrogens is 2. The number of carboxylic acids is 1. The fourth-order valence-corrected chi connectivity index (χ4v) is 0.857. The van der Waals surface area contributed by atoms with Crippen molar-refractivity contribution >= 4 is 5.97 Å². The molecule has 0 aliphatic carbocycles. The first-order valence-corrected chi connectivity index (χ1v) is 3.30. The second-order valence-electron chi connectivity index (χ2n) is 2.46. The SMILES string of the molecule is Cc1c(CC(=O)O)ncn1C. The van der Waals surface area contributed by atoms with Crippen molar-refractivity contribution in [1.82, 2.24) is 9.55 Å². The topological polar surface area (TPSA) is 55.1 Å². The molecular formula is C7H10N2O2. The summed E-state index contributed by atoms with van der Waals surface area (Å²) in [4.78, 5) is 14.2. The minimum Gasteiger partial charge on any atom is -0.481 e. The zero-order valence-corrected chi connectivity index (χ0v) is 6.53. The maximum absolute atomic E-state index is 10.3. The van der Waals surface area contributed by atoms with E-state index in [4.69, 9.17) is 5.11 Å². The molecule has 0 aromatic carbocycles. The number of carbonyl (C=O) groups is 1. The number of nitrogens with zero attached hydrogens (tertiary/aromatic N) is 2. The van der Waals surface area contributed by atoms with Crippen LogP contribution in [0.3, 0.4) is 0 Å². The molecule has 0 fully saturated rings. The van der Waals surface area contributed by atoms with E-state index < -0.39 is 5.97 Å². The maximum Gasteiger partial charge on any atom is 0.309 e. The van der Waals surface area contributed by atoms with Gasteiger partial charge in [0.1, 0.15) is 0 Å². The van der Waals surface area contributed by atoms with Crippen LogP contribution in [0.1, 0.15) is 11.4 Å². The molecule has 0 amide bonds. The van der Waals surface area contributed by atoms with Crippen LogP contribution in [-0.2, 0) is 18.3 Å². The Bertz CT molecular complexity index is 278. The van der Waals surface area contributed by atoms with Crippen LogP contribution in [0.25, 0.3) is 0 Å². The van der Waals surface area contributed by atoms with E-state index in [1.807, 2.05) is 14.0 Å². The Balaban J connectivity index is 2.87. The van der Waals surface area contributed by atoms with Crippen LogP contribution in [0.2, 0.25) is 0 Å². The minimum absolute atomic E-state index is 0.00662. The standard InChI is InChI=1S/C7H10N2O2/c1-5-6(3-7(10)11)8-4-9(5)2/h4H,3H2,1-2H3,(H,10,11). The van der Waals surface area contributed by atoms with Crippen molar-refractivity contribution in [2.24, 2.45) is 7.05 Å². The second kappa shape index (κ2) is 2.74. The normalized spacial score (nSPS) is 10.0. The molecule has 0 aliphatic rings. The largest absolute Gasteiger partial charge is 0.481 e. The molecular weight excluding hydrogens is 144 g/mol. The van der Waals surface area contributed by atoms with Gasteiger partial charge in [-0.25, -0.2) is 4.98 Å². The minimum atomic E-state index is -0.841. The van der Waals surface area contributed by atoms with Crippen LogP contribution < -0.4 is 0 Å². The van der Waals surface area contributed by atoms with Crippen LogP contribution in [0, 0.1) is 6.92 Å². The van der Waals surface area contributed by atoms with Crippen molar-refractivity contribution in [2.75, 3.05) is 0 Å². The van der Waals surface area contributed by atoms with E-state index in [9.17, 15) is 4.79 Å². The monoisotopic (exact) mass is 154 g/mol. The van der Waals surface area contributed by atoms with E-state index in [0.29, 0.717) is 5.69 Å². The third-order valence-corrected chi connectivity index (χ3v) is 1.65. The van der Waals surface area contributed by atoms with Crippen molar-refractivity contribution in [3.63, 3.8) is 0 Å². The highest BCUT2D eigenvalue weighted by Crippen LogP contribution is 2.04. The van der Waals surface area contributed by atoms with E-state index in [0.717, 1.165) is 5.69 Å². The molecule has 0 atom stereocenters. The lowest BCUT2D eigenvalue weighted by atomic mass is 10.2. The van der Waals surface area contributed by atoms with Crippen molar-refractivity contribution in [3.8, 4) is 0 Å². The molecule has 60 valence electrons. The summed E-state index contributed by atoms with van der Waals surface area (Å²) >= 11 is 0. The van der Waals surface area contributed by atoms with Gasteiger partial charge >= 0.3 is 5.97 Å². The van der Waals surface area contributed by atoms with Crippen LogP contribution in [0.4, 0.5) is 0 Å². The molecule has 1 N–H and O–H groups in total. The maximum atomic E-state index is 10.3. The number of carboxylic acid groups (broad SMARTS) is 1. The first-order chi connectivity index (χ1) is 5.11. The van der Waals surface area contributed by atoms with Gasteiger partial charge in [-0.15, -0.1) is 0 Å². The second-order valence-corrected chi connectivity index (χ2v) is 2.46. The highest BCUT2D eigenvalue weighted by molar-refractivity contribution is 5.69. The van der Waals surface area contributed by atoms with Gasteiger partial charge in [0.05, 0.1) is 18.4 Å². The molecule has 1 rings (SSSR count). The molecule has 4 nitrogen and oxygen atoms in total. The van der Waals surface area contributed by atoms with Crippen LogP contribution in [-0.4, -0.2) is 20.6 Å². The zero-order chi connectivity index (χ0) is 8.43. The molecule has 0 aliphatic heterocycles. The van der Waals surface area contributed by atoms with Gasteiger partial charge < -0.3 is 9.67 Å². The summed E-state index contributed by atoms with van der Waals surface area (Å²) in [6, 6.07) is 0. The van der Waals surface area contributed by atoms with E-state index in [1.165, 1.54) is 0 Å². The Morgan fingerprint density at radius 2 is 2.45 bits per heavy atom. The van der Waals surface area contributed by atoms with Crippen LogP contribution in [0.15, 0.2) is 6.33 Å². The summed E-state index contributed by atoms with van der Waals surface area (Å²) in [5.41, 5.74) is 1.55. The molecule has 0 bridgehead atoms. The van der Waals surface area contributed by atoms with Gasteiger partial charge in [0.15, 0.2) is 0 Å². The average Bonchev–Trinajstić information content (AvgIpc) is 2.18. The number of imidazole rings is 1. The van der Waals surface area contributed by atoms with Gasteiger partial charge in [0.25, 0.3) is 0 Å². The first kappa shape index (κ1) is 7.78. The fraction of sp³-hybridized carbons (Fsp3) is 0.429. The summed E-state index contributed by atoms with van der Waals surface area (Å²) < 4.78 is 1.80. The van der Waals surface area contributed by atoms with Crippen molar-refractivity contribution in [2.45, 2.75) is 13.3 Å². The lowest BCUT2D eigenvalue weighted by Gasteiger charge is -1.95. The summed E-state index contributed by atoms with van der Waals surface area (Å²) in [6.07, 6.45) is 1.63. The van der Waals surface area contributed by atoms with Crippen LogP contribution >= 0.6 is 0 Å². The molecule has 4 heteroatoms. The van der Waals surface area contributed by atoms with Gasteiger partial charge in [-0.2, -0.15) is 0 Å². The lowest BCUT2D eigenvalue weighted by Crippen LogP contribution is -2.02. The Morgan fingerprint density at radius 3 is 2.82 bits per heavy atom.